The SMILES string of the molecule is COCCCOc1nn([C@H]2CC[C@H](N3C[C@@H](C)O[C@@H](C)C3)CC2)cc1Nc1ncc(-c2ccc(C#N)c(O[C@@H](C)Cn3cnnn3)c2)cn1. The van der Waals surface area contributed by atoms with E-state index in [-0.39, 0.29) is 24.4 Å². The fraction of sp³-hybridized carbons (Fsp3) is 0.559. The molecule has 0 bridgehead atoms. The first-order valence-corrected chi connectivity index (χ1v) is 17.0. The average molecular weight is 672 g/mol. The third-order valence-corrected chi connectivity index (χ3v) is 8.93. The molecule has 1 aliphatic carbocycles. The summed E-state index contributed by atoms with van der Waals surface area (Å²) in [4.78, 5) is 11.8. The Hall–Kier alpha value is -4.65. The van der Waals surface area contributed by atoms with E-state index in [1.165, 1.54) is 6.33 Å². The third-order valence-electron chi connectivity index (χ3n) is 8.93. The number of nitrogens with zero attached hydrogens (tertiary/aromatic N) is 10. The Bertz CT molecular complexity index is 1660. The van der Waals surface area contributed by atoms with Crippen molar-refractivity contribution in [1.29, 1.82) is 5.26 Å². The lowest BCUT2D eigenvalue weighted by molar-refractivity contribution is -0.0852. The van der Waals surface area contributed by atoms with E-state index in [1.807, 2.05) is 29.9 Å². The van der Waals surface area contributed by atoms with Gasteiger partial charge >= 0.3 is 0 Å². The summed E-state index contributed by atoms with van der Waals surface area (Å²) in [5, 5.41) is 29.1. The van der Waals surface area contributed by atoms with E-state index in [1.54, 1.807) is 30.3 Å². The summed E-state index contributed by atoms with van der Waals surface area (Å²) < 4.78 is 27.0. The summed E-state index contributed by atoms with van der Waals surface area (Å²) >= 11 is 0. The van der Waals surface area contributed by atoms with E-state index in [4.69, 9.17) is 24.0 Å². The Morgan fingerprint density at radius 3 is 2.49 bits per heavy atom. The zero-order valence-corrected chi connectivity index (χ0v) is 28.6. The highest BCUT2D eigenvalue weighted by Gasteiger charge is 2.32. The Kier molecular flexibility index (Phi) is 11.3. The lowest BCUT2D eigenvalue weighted by Gasteiger charge is -2.42. The number of rotatable bonds is 14. The van der Waals surface area contributed by atoms with Gasteiger partial charge in [-0.2, -0.15) is 5.26 Å². The zero-order chi connectivity index (χ0) is 34.2. The smallest absolute Gasteiger partial charge is 0.256 e. The van der Waals surface area contributed by atoms with Crippen LogP contribution in [0.15, 0.2) is 43.1 Å². The van der Waals surface area contributed by atoms with Crippen LogP contribution in [-0.2, 0) is 16.0 Å². The van der Waals surface area contributed by atoms with Gasteiger partial charge in [0.2, 0.25) is 5.95 Å². The molecule has 49 heavy (non-hydrogen) atoms. The molecule has 1 aliphatic heterocycles. The molecular weight excluding hydrogens is 626 g/mol. The van der Waals surface area contributed by atoms with Gasteiger partial charge < -0.3 is 24.3 Å². The third kappa shape index (κ3) is 8.88. The number of morpholine rings is 1. The molecule has 2 fully saturated rings. The van der Waals surface area contributed by atoms with Gasteiger partial charge in [0.1, 0.15) is 29.9 Å². The lowest BCUT2D eigenvalue weighted by atomic mass is 9.89. The maximum atomic E-state index is 9.67. The standard InChI is InChI=1S/C34H45N11O4/c1-23-18-43(19-24(2)48-23)29-8-10-30(11-9-29)45-21-31(33(40-45)47-13-5-12-46-4)39-34-36-16-28(17-37-34)26-6-7-27(15-35)32(14-26)49-25(3)20-44-22-38-41-42-44/h6-7,14,16-17,21-25,29-30H,5,8-13,18-20H2,1-4H3,(H,36,37,39)/t23-,24+,25-,29-,30-/m0/s1. The van der Waals surface area contributed by atoms with Crippen molar-refractivity contribution in [3.05, 3.63) is 48.7 Å². The first-order valence-electron chi connectivity index (χ1n) is 17.0. The van der Waals surface area contributed by atoms with Crippen molar-refractivity contribution in [3.63, 3.8) is 0 Å². The minimum atomic E-state index is -0.270. The van der Waals surface area contributed by atoms with Crippen LogP contribution in [0.1, 0.15) is 64.5 Å². The number of aromatic nitrogens is 8. The summed E-state index contributed by atoms with van der Waals surface area (Å²) in [6.07, 6.45) is 12.4. The van der Waals surface area contributed by atoms with Crippen LogP contribution >= 0.6 is 0 Å². The highest BCUT2D eigenvalue weighted by molar-refractivity contribution is 5.67. The molecule has 15 heteroatoms. The molecule has 0 amide bonds. The van der Waals surface area contributed by atoms with Crippen LogP contribution in [0.4, 0.5) is 11.6 Å². The summed E-state index contributed by atoms with van der Waals surface area (Å²) in [5.74, 6) is 1.41. The van der Waals surface area contributed by atoms with Gasteiger partial charge in [0.25, 0.3) is 5.88 Å². The second kappa shape index (κ2) is 16.2. The zero-order valence-electron chi connectivity index (χ0n) is 28.6. The Labute approximate surface area is 286 Å². The minimum Gasteiger partial charge on any atom is -0.487 e. The Morgan fingerprint density at radius 1 is 1.04 bits per heavy atom. The quantitative estimate of drug-likeness (QED) is 0.188. The van der Waals surface area contributed by atoms with Crippen molar-refractivity contribution in [2.24, 2.45) is 0 Å². The Balaban J connectivity index is 1.13. The van der Waals surface area contributed by atoms with Gasteiger partial charge in [-0.3, -0.25) is 9.58 Å². The Morgan fingerprint density at radius 2 is 1.80 bits per heavy atom. The molecule has 0 spiro atoms. The van der Waals surface area contributed by atoms with Crippen LogP contribution in [0.2, 0.25) is 0 Å². The number of hydrogen-bond donors (Lipinski definition) is 1. The number of ether oxygens (including phenoxy) is 4. The van der Waals surface area contributed by atoms with Crippen molar-refractivity contribution >= 4 is 11.6 Å². The maximum absolute atomic E-state index is 9.67. The molecule has 3 atom stereocenters. The normalized spacial score (nSPS) is 21.9. The van der Waals surface area contributed by atoms with Crippen molar-refractivity contribution in [3.8, 4) is 28.8 Å². The van der Waals surface area contributed by atoms with Gasteiger partial charge in [-0.15, -0.1) is 10.2 Å². The van der Waals surface area contributed by atoms with E-state index in [0.29, 0.717) is 54.6 Å². The molecule has 15 nitrogen and oxygen atoms in total. The van der Waals surface area contributed by atoms with Crippen molar-refractivity contribution in [2.75, 3.05) is 38.7 Å². The van der Waals surface area contributed by atoms with E-state index in [2.05, 4.69) is 55.6 Å². The summed E-state index contributed by atoms with van der Waals surface area (Å²) in [7, 11) is 1.68. The average Bonchev–Trinajstić information content (AvgIpc) is 3.76. The van der Waals surface area contributed by atoms with E-state index in [0.717, 1.165) is 56.3 Å². The van der Waals surface area contributed by atoms with E-state index < -0.39 is 0 Å². The van der Waals surface area contributed by atoms with Crippen molar-refractivity contribution in [2.45, 2.75) is 89.8 Å². The summed E-state index contributed by atoms with van der Waals surface area (Å²) in [6.45, 7) is 9.75. The van der Waals surface area contributed by atoms with Crippen LogP contribution in [0.25, 0.3) is 11.1 Å². The fourth-order valence-corrected chi connectivity index (χ4v) is 6.67. The molecule has 2 aliphatic rings. The van der Waals surface area contributed by atoms with E-state index in [9.17, 15) is 5.26 Å². The molecule has 0 unspecified atom stereocenters. The minimum absolute atomic E-state index is 0.270. The van der Waals surface area contributed by atoms with E-state index >= 15 is 0 Å². The number of methoxy groups -OCH3 is 1. The number of tetrazole rings is 1. The second-order valence-electron chi connectivity index (χ2n) is 12.9. The largest absolute Gasteiger partial charge is 0.487 e. The molecule has 6 rings (SSSR count). The number of benzene rings is 1. The van der Waals surface area contributed by atoms with Crippen LogP contribution in [0.5, 0.6) is 11.6 Å². The van der Waals surface area contributed by atoms with Gasteiger partial charge in [-0.1, -0.05) is 6.07 Å². The molecule has 1 saturated heterocycles. The van der Waals surface area contributed by atoms with Crippen LogP contribution < -0.4 is 14.8 Å². The van der Waals surface area contributed by atoms with Gasteiger partial charge in [-0.05, 0) is 74.6 Å². The molecule has 0 radical (unpaired) electrons. The molecule has 1 aromatic carbocycles. The van der Waals surface area contributed by atoms with Crippen LogP contribution in [0, 0.1) is 11.3 Å². The molecule has 4 aromatic rings. The van der Waals surface area contributed by atoms with Gasteiger partial charge in [0, 0.05) is 57.2 Å². The molecule has 4 heterocycles. The van der Waals surface area contributed by atoms with Gasteiger partial charge in [0.05, 0.1) is 43.2 Å². The molecule has 3 aromatic heterocycles. The molecule has 260 valence electrons. The number of hydrogen-bond acceptors (Lipinski definition) is 13. The first-order chi connectivity index (χ1) is 23.9. The summed E-state index contributed by atoms with van der Waals surface area (Å²) in [6, 6.07) is 8.48. The van der Waals surface area contributed by atoms with Gasteiger partial charge in [0.15, 0.2) is 0 Å². The topological polar surface area (TPSA) is 163 Å². The highest BCUT2D eigenvalue weighted by atomic mass is 16.5. The second-order valence-corrected chi connectivity index (χ2v) is 12.9. The molecule has 1 saturated carbocycles. The monoisotopic (exact) mass is 671 g/mol. The molecule has 1 N–H and O–H groups in total. The van der Waals surface area contributed by atoms with Crippen LogP contribution in [0.3, 0.4) is 0 Å². The summed E-state index contributed by atoms with van der Waals surface area (Å²) in [5.41, 5.74) is 2.75. The fourth-order valence-electron chi connectivity index (χ4n) is 6.67. The van der Waals surface area contributed by atoms with Crippen LogP contribution in [-0.4, -0.2) is 103 Å². The number of nitriles is 1. The predicted molar refractivity (Wildman–Crippen MR) is 180 cm³/mol. The maximum Gasteiger partial charge on any atom is 0.256 e. The van der Waals surface area contributed by atoms with Gasteiger partial charge in [-0.25, -0.2) is 14.6 Å². The molecular formula is C34H45N11O4. The number of nitrogens with one attached hydrogen (secondary N) is 1. The lowest BCUT2D eigenvalue weighted by Crippen LogP contribution is -2.51. The van der Waals surface area contributed by atoms with Crippen molar-refractivity contribution in [1.82, 2.24) is 44.9 Å². The number of anilines is 2. The van der Waals surface area contributed by atoms with Crippen molar-refractivity contribution < 1.29 is 18.9 Å². The highest BCUT2D eigenvalue weighted by Crippen LogP contribution is 2.35. The predicted octanol–water partition coefficient (Wildman–Crippen LogP) is 4.42. The first kappa shape index (κ1) is 34.2.